The van der Waals surface area contributed by atoms with Crippen LogP contribution in [-0.4, -0.2) is 25.6 Å². The minimum absolute atomic E-state index is 0.139. The smallest absolute Gasteiger partial charge is 0.185 e. The molecule has 0 amide bonds. The van der Waals surface area contributed by atoms with Gasteiger partial charge in [-0.2, -0.15) is 5.10 Å². The van der Waals surface area contributed by atoms with E-state index in [0.717, 1.165) is 16.7 Å². The first-order chi connectivity index (χ1) is 11.8. The molecule has 0 spiro atoms. The molecule has 0 aliphatic heterocycles. The molecule has 4 aromatic rings. The van der Waals surface area contributed by atoms with Crippen LogP contribution in [-0.2, 0) is 0 Å². The van der Waals surface area contributed by atoms with Crippen molar-refractivity contribution in [2.24, 2.45) is 0 Å². The molecule has 0 saturated carbocycles. The Kier molecular flexibility index (Phi) is 3.39. The van der Waals surface area contributed by atoms with Crippen LogP contribution in [0.25, 0.3) is 28.0 Å². The summed E-state index contributed by atoms with van der Waals surface area (Å²) in [4.78, 5) is 12.0. The van der Waals surface area contributed by atoms with Gasteiger partial charge in [0.15, 0.2) is 17.1 Å². The normalized spacial score (nSPS) is 10.9. The van der Waals surface area contributed by atoms with Gasteiger partial charge in [0.1, 0.15) is 5.69 Å². The predicted molar refractivity (Wildman–Crippen MR) is 91.7 cm³/mol. The van der Waals surface area contributed by atoms with E-state index in [1.807, 2.05) is 60.7 Å². The van der Waals surface area contributed by atoms with E-state index in [-0.39, 0.29) is 5.78 Å². The fourth-order valence-electron chi connectivity index (χ4n) is 2.76. The van der Waals surface area contributed by atoms with Gasteiger partial charge in [0.2, 0.25) is 0 Å². The maximum absolute atomic E-state index is 12.0. The van der Waals surface area contributed by atoms with Crippen molar-refractivity contribution in [2.75, 3.05) is 0 Å². The van der Waals surface area contributed by atoms with Crippen LogP contribution in [0.4, 0.5) is 0 Å². The molecule has 116 valence electrons. The lowest BCUT2D eigenvalue weighted by Crippen LogP contribution is -2.09. The monoisotopic (exact) mass is 314 g/mol. The molecule has 0 fully saturated rings. The average molecular weight is 314 g/mol. The van der Waals surface area contributed by atoms with Gasteiger partial charge in [-0.1, -0.05) is 60.7 Å². The Labute approximate surface area is 138 Å². The summed E-state index contributed by atoms with van der Waals surface area (Å²) in [6.45, 7) is 1.49. The SMILES string of the molecule is CC(=O)c1nnc2c(-c3ccccc3)cnn2c1-c1ccccc1. The Balaban J connectivity index is 2.04. The zero-order chi connectivity index (χ0) is 16.5. The Morgan fingerprint density at radius 1 is 0.875 bits per heavy atom. The van der Waals surface area contributed by atoms with Gasteiger partial charge in [0, 0.05) is 18.1 Å². The Bertz CT molecular complexity index is 1020. The number of fused-ring (bicyclic) bond motifs is 1. The molecule has 4 rings (SSSR count). The van der Waals surface area contributed by atoms with Crippen LogP contribution in [0.2, 0.25) is 0 Å². The van der Waals surface area contributed by atoms with Crippen LogP contribution in [0.15, 0.2) is 66.9 Å². The number of Topliss-reactive ketones (excluding diaryl/α,β-unsaturated/α-hetero) is 1. The molecule has 0 aliphatic carbocycles. The minimum atomic E-state index is -0.139. The lowest BCUT2D eigenvalue weighted by Gasteiger charge is -2.08. The maximum Gasteiger partial charge on any atom is 0.185 e. The van der Waals surface area contributed by atoms with Crippen LogP contribution >= 0.6 is 0 Å². The number of aromatic nitrogens is 4. The summed E-state index contributed by atoms with van der Waals surface area (Å²) in [5.74, 6) is -0.139. The van der Waals surface area contributed by atoms with E-state index in [1.165, 1.54) is 6.92 Å². The van der Waals surface area contributed by atoms with Crippen molar-refractivity contribution >= 4 is 11.4 Å². The molecule has 2 aromatic carbocycles. The molecule has 0 unspecified atom stereocenters. The molecular weight excluding hydrogens is 300 g/mol. The first-order valence-electron chi connectivity index (χ1n) is 7.62. The van der Waals surface area contributed by atoms with Gasteiger partial charge < -0.3 is 0 Å². The highest BCUT2D eigenvalue weighted by Crippen LogP contribution is 2.28. The van der Waals surface area contributed by atoms with E-state index in [0.29, 0.717) is 17.0 Å². The average Bonchev–Trinajstić information content (AvgIpc) is 3.06. The van der Waals surface area contributed by atoms with E-state index >= 15 is 0 Å². The number of benzene rings is 2. The van der Waals surface area contributed by atoms with Gasteiger partial charge >= 0.3 is 0 Å². The van der Waals surface area contributed by atoms with Crippen molar-refractivity contribution in [3.05, 3.63) is 72.6 Å². The van der Waals surface area contributed by atoms with Crippen molar-refractivity contribution in [1.82, 2.24) is 19.8 Å². The molecule has 0 N–H and O–H groups in total. The number of ketones is 1. The highest BCUT2D eigenvalue weighted by molar-refractivity contribution is 5.98. The molecule has 2 heterocycles. The fourth-order valence-corrected chi connectivity index (χ4v) is 2.76. The summed E-state index contributed by atoms with van der Waals surface area (Å²) < 4.78 is 1.70. The highest BCUT2D eigenvalue weighted by atomic mass is 16.1. The predicted octanol–water partition coefficient (Wildman–Crippen LogP) is 3.66. The van der Waals surface area contributed by atoms with E-state index in [9.17, 15) is 4.79 Å². The van der Waals surface area contributed by atoms with Gasteiger partial charge in [-0.05, 0) is 5.56 Å². The molecule has 0 atom stereocenters. The van der Waals surface area contributed by atoms with Gasteiger partial charge in [-0.3, -0.25) is 4.79 Å². The fraction of sp³-hybridized carbons (Fsp3) is 0.0526. The lowest BCUT2D eigenvalue weighted by atomic mass is 10.1. The molecule has 5 nitrogen and oxygen atoms in total. The van der Waals surface area contributed by atoms with Gasteiger partial charge in [-0.15, -0.1) is 10.2 Å². The zero-order valence-corrected chi connectivity index (χ0v) is 13.0. The Morgan fingerprint density at radius 2 is 1.50 bits per heavy atom. The molecule has 0 bridgehead atoms. The number of rotatable bonds is 3. The summed E-state index contributed by atoms with van der Waals surface area (Å²) in [6, 6.07) is 19.5. The molecule has 2 aromatic heterocycles. The van der Waals surface area contributed by atoms with E-state index in [1.54, 1.807) is 10.7 Å². The number of carbonyl (C=O) groups is 1. The first-order valence-corrected chi connectivity index (χ1v) is 7.62. The standard InChI is InChI=1S/C19H14N4O/c1-13(24)17-18(15-10-6-3-7-11-15)23-19(22-21-17)16(12-20-23)14-8-4-2-5-9-14/h2-12H,1H3. The highest BCUT2D eigenvalue weighted by Gasteiger charge is 2.19. The van der Waals surface area contributed by atoms with Crippen molar-refractivity contribution in [3.63, 3.8) is 0 Å². The van der Waals surface area contributed by atoms with E-state index in [2.05, 4.69) is 15.3 Å². The molecular formula is C19H14N4O. The topological polar surface area (TPSA) is 60.2 Å². The zero-order valence-electron chi connectivity index (χ0n) is 13.0. The van der Waals surface area contributed by atoms with E-state index in [4.69, 9.17) is 0 Å². The molecule has 5 heteroatoms. The minimum Gasteiger partial charge on any atom is -0.293 e. The summed E-state index contributed by atoms with van der Waals surface area (Å²) in [5.41, 5.74) is 4.38. The summed E-state index contributed by atoms with van der Waals surface area (Å²) in [5, 5.41) is 12.9. The second kappa shape index (κ2) is 5.70. The van der Waals surface area contributed by atoms with Crippen LogP contribution in [0, 0.1) is 0 Å². The quantitative estimate of drug-likeness (QED) is 0.541. The summed E-state index contributed by atoms with van der Waals surface area (Å²) in [6.07, 6.45) is 1.76. The van der Waals surface area contributed by atoms with Crippen molar-refractivity contribution in [2.45, 2.75) is 6.92 Å². The van der Waals surface area contributed by atoms with Crippen molar-refractivity contribution in [1.29, 1.82) is 0 Å². The van der Waals surface area contributed by atoms with Crippen molar-refractivity contribution in [3.8, 4) is 22.4 Å². The second-order valence-corrected chi connectivity index (χ2v) is 5.48. The molecule has 0 radical (unpaired) electrons. The third-order valence-electron chi connectivity index (χ3n) is 3.89. The lowest BCUT2D eigenvalue weighted by molar-refractivity contribution is 0.101. The van der Waals surface area contributed by atoms with Gasteiger partial charge in [0.25, 0.3) is 0 Å². The molecule has 24 heavy (non-hydrogen) atoms. The molecule has 0 saturated heterocycles. The number of hydrogen-bond donors (Lipinski definition) is 0. The number of hydrogen-bond acceptors (Lipinski definition) is 4. The Morgan fingerprint density at radius 3 is 2.12 bits per heavy atom. The van der Waals surface area contributed by atoms with Gasteiger partial charge in [0.05, 0.1) is 6.20 Å². The number of carbonyl (C=O) groups excluding carboxylic acids is 1. The summed E-state index contributed by atoms with van der Waals surface area (Å²) >= 11 is 0. The first kappa shape index (κ1) is 14.3. The van der Waals surface area contributed by atoms with Crippen molar-refractivity contribution < 1.29 is 4.79 Å². The van der Waals surface area contributed by atoms with Crippen LogP contribution in [0.1, 0.15) is 17.4 Å². The Hall–Kier alpha value is -3.34. The second-order valence-electron chi connectivity index (χ2n) is 5.48. The number of nitrogens with zero attached hydrogens (tertiary/aromatic N) is 4. The molecule has 0 aliphatic rings. The van der Waals surface area contributed by atoms with E-state index < -0.39 is 0 Å². The largest absolute Gasteiger partial charge is 0.293 e. The summed E-state index contributed by atoms with van der Waals surface area (Å²) in [7, 11) is 0. The van der Waals surface area contributed by atoms with Crippen LogP contribution in [0.3, 0.4) is 0 Å². The van der Waals surface area contributed by atoms with Crippen LogP contribution < -0.4 is 0 Å². The van der Waals surface area contributed by atoms with Crippen LogP contribution in [0.5, 0.6) is 0 Å². The third kappa shape index (κ3) is 2.27. The maximum atomic E-state index is 12.0. The van der Waals surface area contributed by atoms with Gasteiger partial charge in [-0.25, -0.2) is 4.52 Å². The third-order valence-corrected chi connectivity index (χ3v) is 3.89.